The zero-order valence-corrected chi connectivity index (χ0v) is 35.9. The average molecular weight is 1090 g/mol. The first-order valence-electron chi connectivity index (χ1n) is 15.0. The summed E-state index contributed by atoms with van der Waals surface area (Å²) >= 11 is 9.70. The van der Waals surface area contributed by atoms with E-state index in [2.05, 4.69) is 31.9 Å². The molecule has 0 spiro atoms. The van der Waals surface area contributed by atoms with E-state index in [1.807, 2.05) is 0 Å². The van der Waals surface area contributed by atoms with Crippen molar-refractivity contribution in [2.24, 2.45) is 0 Å². The van der Waals surface area contributed by atoms with Crippen LogP contribution in [0.1, 0.15) is 5.56 Å². The fourth-order valence-electron chi connectivity index (χ4n) is 2.47. The van der Waals surface area contributed by atoms with E-state index >= 15 is 0 Å². The van der Waals surface area contributed by atoms with Crippen molar-refractivity contribution in [1.82, 2.24) is 0 Å². The van der Waals surface area contributed by atoms with Crippen LogP contribution in [-0.4, -0.2) is 119 Å². The summed E-state index contributed by atoms with van der Waals surface area (Å²) in [5, 5.41) is 8.21. The summed E-state index contributed by atoms with van der Waals surface area (Å²) < 4.78 is 283. The Hall–Kier alpha value is -1.84. The van der Waals surface area contributed by atoms with Gasteiger partial charge in [-0.15, -0.1) is 0 Å². The van der Waals surface area contributed by atoms with Gasteiger partial charge in [-0.05, 0) is 28.0 Å². The molecule has 1 rings (SSSR count). The number of benzene rings is 1. The number of esters is 1. The Bertz CT molecular complexity index is 1630. The minimum atomic E-state index is -5.01. The number of hydrogen-bond donors (Lipinski definition) is 1. The molecule has 374 valence electrons. The minimum Gasteiger partial charge on any atom is -0.481 e. The number of halogens is 20. The summed E-state index contributed by atoms with van der Waals surface area (Å²) in [7, 11) is -14.3. The number of alkyl halides is 18. The predicted molar refractivity (Wildman–Crippen MR) is 180 cm³/mol. The molecule has 0 heterocycles. The van der Waals surface area contributed by atoms with Gasteiger partial charge in [0.25, 0.3) is 0 Å². The number of carbonyl (C=O) groups excluding carboxylic acids is 1. The number of aliphatic carboxylic acids is 1. The maximum Gasteiger partial charge on any atom is 0.412 e. The molecular formula is C25H30Cl2F18O14P4. The fraction of sp³-hybridized carbons (Fsp3) is 0.680. The lowest BCUT2D eigenvalue weighted by Gasteiger charge is -2.19. The van der Waals surface area contributed by atoms with Gasteiger partial charge in [0.2, 0.25) is 5.85 Å². The minimum absolute atomic E-state index is 0.307. The summed E-state index contributed by atoms with van der Waals surface area (Å²) in [5.41, 5.74) is 0.512. The van der Waals surface area contributed by atoms with Gasteiger partial charge in [0.1, 0.15) is 18.9 Å². The second-order valence-corrected chi connectivity index (χ2v) is 22.9. The van der Waals surface area contributed by atoms with Crippen molar-refractivity contribution in [2.75, 3.05) is 65.3 Å². The molecule has 0 aliphatic carbocycles. The van der Waals surface area contributed by atoms with Crippen molar-refractivity contribution in [3.8, 4) is 0 Å². The normalized spacial score (nSPS) is 13.4. The van der Waals surface area contributed by atoms with E-state index in [1.54, 1.807) is 30.3 Å². The molecule has 0 bridgehead atoms. The van der Waals surface area contributed by atoms with Crippen LogP contribution in [0.15, 0.2) is 30.3 Å². The highest BCUT2D eigenvalue weighted by molar-refractivity contribution is 8.08. The number of ether oxygens (including phenoxy) is 1. The molecule has 0 unspecified atom stereocenters. The number of carbonyl (C=O) groups is 2. The Balaban J connectivity index is -0.000000838. The van der Waals surface area contributed by atoms with Crippen LogP contribution in [0, 0.1) is 0 Å². The maximum atomic E-state index is 12.1. The predicted octanol–water partition coefficient (Wildman–Crippen LogP) is 11.8. The highest BCUT2D eigenvalue weighted by Gasteiger charge is 2.42. The van der Waals surface area contributed by atoms with Crippen LogP contribution in [0.2, 0.25) is 0 Å². The molecule has 14 nitrogen and oxygen atoms in total. The first-order chi connectivity index (χ1) is 27.6. The van der Waals surface area contributed by atoms with Gasteiger partial charge >= 0.3 is 71.8 Å². The fourth-order valence-corrected chi connectivity index (χ4v) is 5.93. The van der Waals surface area contributed by atoms with E-state index in [-0.39, 0.29) is 6.61 Å². The zero-order valence-electron chi connectivity index (χ0n) is 30.9. The second-order valence-electron chi connectivity index (χ2n) is 10.9. The molecule has 0 radical (unpaired) electrons. The largest absolute Gasteiger partial charge is 0.481 e. The van der Waals surface area contributed by atoms with Crippen molar-refractivity contribution in [2.45, 2.75) is 43.7 Å². The lowest BCUT2D eigenvalue weighted by atomic mass is 10.2. The molecule has 1 aromatic rings. The van der Waals surface area contributed by atoms with Gasteiger partial charge in [-0.25, -0.2) is 0 Å². The van der Waals surface area contributed by atoms with E-state index < -0.39 is 130 Å². The standard InChI is InChI=1S/C13H13F6O5P.C6H7F6O5P.C5H7F6O3P.CH3Cl2OP/c14-12(15,16)8-23-25(21,24-9-13(17,18)19)7-11(20)22-6-10-4-2-1-3-5-10;7-5(8,9)2-16-18(15,1-4(13)14)17-3-6(10,11)12;1-15(12,13-2-4(6,7)8)14-3-5(9,10)11;1-5(2,3)4/h1-5H,6-9H2;1-3H2,(H,13,14);2-3H2,1H3;1H3. The first-order valence-corrected chi connectivity index (χ1v) is 24.5. The van der Waals surface area contributed by atoms with E-state index in [4.69, 9.17) is 27.6 Å². The highest BCUT2D eigenvalue weighted by Crippen LogP contribution is 2.53. The van der Waals surface area contributed by atoms with Crippen LogP contribution in [0.25, 0.3) is 0 Å². The van der Waals surface area contributed by atoms with E-state index in [1.165, 1.54) is 6.66 Å². The Morgan fingerprint density at radius 3 is 1.02 bits per heavy atom. The number of carboxylic acid groups (broad SMARTS) is 1. The summed E-state index contributed by atoms with van der Waals surface area (Å²) in [6.07, 6.45) is -32.4. The SMILES string of the molecule is CP(=O)(Cl)Cl.CP(=O)(OCC(F)(F)F)OCC(F)(F)F.O=C(CP(=O)(OCC(F)(F)F)OCC(F)(F)F)OCc1ccccc1.O=C(O)CP(=O)(OCC(F)(F)F)OCC(F)(F)F. The topological polar surface area (TPSA) is 187 Å². The van der Waals surface area contributed by atoms with E-state index in [0.717, 1.165) is 0 Å². The Morgan fingerprint density at radius 2 is 0.762 bits per heavy atom. The number of hydrogen-bond acceptors (Lipinski definition) is 13. The molecular weight excluding hydrogens is 1060 g/mol. The molecule has 0 amide bonds. The van der Waals surface area contributed by atoms with Crippen LogP contribution in [0.4, 0.5) is 79.0 Å². The van der Waals surface area contributed by atoms with Gasteiger partial charge in [-0.2, -0.15) is 79.0 Å². The lowest BCUT2D eigenvalue weighted by Crippen LogP contribution is -2.23. The Kier molecular flexibility index (Phi) is 28.1. The third-order valence-corrected chi connectivity index (χ3v) is 9.11. The molecule has 0 aliphatic heterocycles. The molecule has 0 saturated carbocycles. The molecule has 0 saturated heterocycles. The van der Waals surface area contributed by atoms with Crippen molar-refractivity contribution >= 4 is 63.1 Å². The van der Waals surface area contributed by atoms with Gasteiger partial charge in [0.05, 0.1) is 0 Å². The lowest BCUT2D eigenvalue weighted by molar-refractivity contribution is -0.166. The van der Waals surface area contributed by atoms with Crippen molar-refractivity contribution in [3.63, 3.8) is 0 Å². The molecule has 0 atom stereocenters. The summed E-state index contributed by atoms with van der Waals surface area (Å²) in [6, 6.07) is 8.04. The Labute approximate surface area is 351 Å². The van der Waals surface area contributed by atoms with Gasteiger partial charge in [0, 0.05) is 13.3 Å². The van der Waals surface area contributed by atoms with E-state index in [0.29, 0.717) is 12.2 Å². The maximum absolute atomic E-state index is 12.1. The molecule has 0 fully saturated rings. The van der Waals surface area contributed by atoms with Gasteiger partial charge in [-0.1, -0.05) is 30.3 Å². The van der Waals surface area contributed by atoms with Crippen molar-refractivity contribution < 1.29 is 144 Å². The summed E-state index contributed by atoms with van der Waals surface area (Å²) in [5.74, 6) is -5.93. The smallest absolute Gasteiger partial charge is 0.412 e. The number of carboxylic acids is 1. The molecule has 0 aliphatic rings. The van der Waals surface area contributed by atoms with Gasteiger partial charge in [-0.3, -0.25) is 55.0 Å². The van der Waals surface area contributed by atoms with Gasteiger partial charge in [0.15, 0.2) is 39.6 Å². The van der Waals surface area contributed by atoms with Gasteiger partial charge < -0.3 is 9.84 Å². The summed E-state index contributed by atoms with van der Waals surface area (Å²) in [4.78, 5) is 21.7. The Morgan fingerprint density at radius 1 is 0.508 bits per heavy atom. The molecule has 1 N–H and O–H groups in total. The highest BCUT2D eigenvalue weighted by atomic mass is 35.9. The average Bonchev–Trinajstić information content (AvgIpc) is 3.04. The first kappa shape index (κ1) is 65.4. The third-order valence-electron chi connectivity index (χ3n) is 4.52. The van der Waals surface area contributed by atoms with Crippen LogP contribution in [0.5, 0.6) is 0 Å². The molecule has 0 aromatic heterocycles. The molecule has 63 heavy (non-hydrogen) atoms. The third kappa shape index (κ3) is 51.0. The van der Waals surface area contributed by atoms with E-state index in [9.17, 15) is 107 Å². The van der Waals surface area contributed by atoms with Crippen molar-refractivity contribution in [1.29, 1.82) is 0 Å². The molecule has 38 heteroatoms. The van der Waals surface area contributed by atoms with Crippen LogP contribution >= 0.6 is 51.1 Å². The van der Waals surface area contributed by atoms with Crippen LogP contribution < -0.4 is 0 Å². The quantitative estimate of drug-likeness (QED) is 0.0831. The zero-order chi connectivity index (χ0) is 50.6. The molecule has 1 aromatic carbocycles. The second kappa shape index (κ2) is 27.1. The van der Waals surface area contributed by atoms with Crippen LogP contribution in [0.3, 0.4) is 0 Å². The monoisotopic (exact) mass is 1090 g/mol. The van der Waals surface area contributed by atoms with Crippen molar-refractivity contribution in [3.05, 3.63) is 35.9 Å². The van der Waals surface area contributed by atoms with Crippen LogP contribution in [-0.2, 0) is 66.3 Å². The summed E-state index contributed by atoms with van der Waals surface area (Å²) in [6.45, 7) is -10.9. The number of rotatable bonds is 18.